The number of nitrogens with zero attached hydrogens (tertiary/aromatic N) is 1. The first-order chi connectivity index (χ1) is 7.45. The predicted molar refractivity (Wildman–Crippen MR) is 62.7 cm³/mol. The van der Waals surface area contributed by atoms with E-state index in [1.807, 2.05) is 26.2 Å². The van der Waals surface area contributed by atoms with E-state index in [4.69, 9.17) is 9.84 Å². The number of aryl methyl sites for hydroxylation is 1. The van der Waals surface area contributed by atoms with E-state index in [2.05, 4.69) is 4.98 Å². The van der Waals surface area contributed by atoms with Gasteiger partial charge in [-0.05, 0) is 20.8 Å². The molecule has 0 unspecified atom stereocenters. The maximum absolute atomic E-state index is 10.4. The van der Waals surface area contributed by atoms with Gasteiger partial charge in [0.15, 0.2) is 0 Å². The van der Waals surface area contributed by atoms with Crippen LogP contribution in [0, 0.1) is 0 Å². The highest BCUT2D eigenvalue weighted by Gasteiger charge is 2.24. The Labute approximate surface area is 99.3 Å². The zero-order valence-corrected chi connectivity index (χ0v) is 10.6. The van der Waals surface area contributed by atoms with Gasteiger partial charge in [0.1, 0.15) is 10.6 Å². The third-order valence-electron chi connectivity index (χ3n) is 2.17. The van der Waals surface area contributed by atoms with Crippen LogP contribution in [-0.4, -0.2) is 22.7 Å². The highest BCUT2D eigenvalue weighted by atomic mass is 32.1. The third-order valence-corrected chi connectivity index (χ3v) is 3.36. The van der Waals surface area contributed by atoms with Crippen molar-refractivity contribution in [1.82, 2.24) is 4.98 Å². The maximum atomic E-state index is 10.4. The highest BCUT2D eigenvalue weighted by Crippen LogP contribution is 2.27. The third kappa shape index (κ3) is 3.57. The number of carboxylic acids is 1. The Kier molecular flexibility index (Phi) is 4.44. The molecule has 4 nitrogen and oxygen atoms in total. The molecule has 1 aromatic heterocycles. The molecule has 1 heterocycles. The number of aliphatic carboxylic acids is 1. The average molecular weight is 243 g/mol. The van der Waals surface area contributed by atoms with Gasteiger partial charge in [-0.25, -0.2) is 4.98 Å². The lowest BCUT2D eigenvalue weighted by molar-refractivity contribution is -0.136. The quantitative estimate of drug-likeness (QED) is 0.833. The molecule has 16 heavy (non-hydrogen) atoms. The van der Waals surface area contributed by atoms with E-state index in [9.17, 15) is 4.79 Å². The molecular weight excluding hydrogens is 226 g/mol. The summed E-state index contributed by atoms with van der Waals surface area (Å²) in [5.74, 6) is -0.793. The Hall–Kier alpha value is -0.940. The molecule has 0 aromatic carbocycles. The molecule has 5 heteroatoms. The van der Waals surface area contributed by atoms with Crippen molar-refractivity contribution >= 4 is 17.3 Å². The van der Waals surface area contributed by atoms with Crippen molar-refractivity contribution < 1.29 is 14.6 Å². The predicted octanol–water partition coefficient (Wildman–Crippen LogP) is 2.43. The normalized spacial score (nSPS) is 11.7. The molecule has 0 bridgehead atoms. The SMILES string of the molecule is CCOC(C)(C)c1nc(CCC(=O)O)cs1. The lowest BCUT2D eigenvalue weighted by Gasteiger charge is -2.21. The number of thiazole rings is 1. The van der Waals surface area contributed by atoms with Gasteiger partial charge in [0, 0.05) is 18.4 Å². The molecule has 1 aromatic rings. The van der Waals surface area contributed by atoms with Crippen LogP contribution in [0.1, 0.15) is 37.9 Å². The molecule has 0 amide bonds. The van der Waals surface area contributed by atoms with E-state index < -0.39 is 5.97 Å². The van der Waals surface area contributed by atoms with E-state index in [0.717, 1.165) is 10.7 Å². The summed E-state index contributed by atoms with van der Waals surface area (Å²) in [6.45, 7) is 6.52. The number of rotatable bonds is 6. The Morgan fingerprint density at radius 2 is 2.31 bits per heavy atom. The van der Waals surface area contributed by atoms with Gasteiger partial charge in [0.05, 0.1) is 12.1 Å². The van der Waals surface area contributed by atoms with E-state index in [1.165, 1.54) is 11.3 Å². The fourth-order valence-corrected chi connectivity index (χ4v) is 2.29. The van der Waals surface area contributed by atoms with Gasteiger partial charge < -0.3 is 9.84 Å². The average Bonchev–Trinajstić information content (AvgIpc) is 2.63. The zero-order valence-electron chi connectivity index (χ0n) is 9.82. The fraction of sp³-hybridized carbons (Fsp3) is 0.636. The van der Waals surface area contributed by atoms with Crippen LogP contribution >= 0.6 is 11.3 Å². The first-order valence-corrected chi connectivity index (χ1v) is 6.14. The van der Waals surface area contributed by atoms with E-state index in [0.29, 0.717) is 13.0 Å². The summed E-state index contributed by atoms with van der Waals surface area (Å²) in [5, 5.41) is 11.4. The molecule has 0 saturated carbocycles. The molecule has 0 aliphatic heterocycles. The van der Waals surface area contributed by atoms with Crippen LogP contribution in [0.3, 0.4) is 0 Å². The summed E-state index contributed by atoms with van der Waals surface area (Å²) in [6, 6.07) is 0. The van der Waals surface area contributed by atoms with Crippen LogP contribution < -0.4 is 0 Å². The molecule has 90 valence electrons. The second kappa shape index (κ2) is 5.41. The van der Waals surface area contributed by atoms with Gasteiger partial charge in [0.2, 0.25) is 0 Å². The van der Waals surface area contributed by atoms with E-state index in [-0.39, 0.29) is 12.0 Å². The number of hydrogen-bond donors (Lipinski definition) is 1. The van der Waals surface area contributed by atoms with Crippen molar-refractivity contribution in [2.24, 2.45) is 0 Å². The van der Waals surface area contributed by atoms with Crippen molar-refractivity contribution in [2.45, 2.75) is 39.2 Å². The van der Waals surface area contributed by atoms with Crippen LogP contribution in [0.2, 0.25) is 0 Å². The highest BCUT2D eigenvalue weighted by molar-refractivity contribution is 7.09. The summed E-state index contributed by atoms with van der Waals surface area (Å²) in [4.78, 5) is 14.8. The van der Waals surface area contributed by atoms with Gasteiger partial charge in [-0.15, -0.1) is 11.3 Å². The van der Waals surface area contributed by atoms with Crippen molar-refractivity contribution in [3.8, 4) is 0 Å². The minimum absolute atomic E-state index is 0.123. The Bertz CT molecular complexity index is 360. The van der Waals surface area contributed by atoms with Crippen LogP contribution in [0.25, 0.3) is 0 Å². The van der Waals surface area contributed by atoms with E-state index >= 15 is 0 Å². The van der Waals surface area contributed by atoms with Crippen LogP contribution in [0.5, 0.6) is 0 Å². The molecule has 0 radical (unpaired) electrons. The van der Waals surface area contributed by atoms with Crippen molar-refractivity contribution in [3.05, 3.63) is 16.1 Å². The summed E-state index contributed by atoms with van der Waals surface area (Å²) in [7, 11) is 0. The molecule has 0 atom stereocenters. The van der Waals surface area contributed by atoms with Crippen LogP contribution in [0.15, 0.2) is 5.38 Å². The summed E-state index contributed by atoms with van der Waals surface area (Å²) >= 11 is 1.52. The second-order valence-electron chi connectivity index (χ2n) is 3.98. The minimum Gasteiger partial charge on any atom is -0.481 e. The number of hydrogen-bond acceptors (Lipinski definition) is 4. The summed E-state index contributed by atoms with van der Waals surface area (Å²) in [5.41, 5.74) is 0.441. The lowest BCUT2D eigenvalue weighted by Crippen LogP contribution is -2.21. The molecule has 0 aliphatic carbocycles. The van der Waals surface area contributed by atoms with Crippen molar-refractivity contribution in [1.29, 1.82) is 0 Å². The molecule has 0 spiro atoms. The summed E-state index contributed by atoms with van der Waals surface area (Å²) < 4.78 is 5.59. The Morgan fingerprint density at radius 1 is 1.62 bits per heavy atom. The number of aromatic nitrogens is 1. The lowest BCUT2D eigenvalue weighted by atomic mass is 10.1. The maximum Gasteiger partial charge on any atom is 0.303 e. The van der Waals surface area contributed by atoms with E-state index in [1.54, 1.807) is 0 Å². The molecule has 0 aliphatic rings. The van der Waals surface area contributed by atoms with Gasteiger partial charge in [-0.2, -0.15) is 0 Å². The van der Waals surface area contributed by atoms with Crippen molar-refractivity contribution in [2.75, 3.05) is 6.61 Å². The van der Waals surface area contributed by atoms with Crippen molar-refractivity contribution in [3.63, 3.8) is 0 Å². The molecular formula is C11H17NO3S. The molecule has 1 N–H and O–H groups in total. The summed E-state index contributed by atoms with van der Waals surface area (Å²) in [6.07, 6.45) is 0.603. The zero-order chi connectivity index (χ0) is 12.2. The number of carbonyl (C=O) groups is 1. The van der Waals surface area contributed by atoms with Gasteiger partial charge in [-0.3, -0.25) is 4.79 Å². The first-order valence-electron chi connectivity index (χ1n) is 5.26. The Balaban J connectivity index is 2.67. The molecule has 0 saturated heterocycles. The number of carboxylic acid groups (broad SMARTS) is 1. The topological polar surface area (TPSA) is 59.4 Å². The van der Waals surface area contributed by atoms with Crippen LogP contribution in [0.4, 0.5) is 0 Å². The van der Waals surface area contributed by atoms with Gasteiger partial charge in [-0.1, -0.05) is 0 Å². The number of ether oxygens (including phenoxy) is 1. The fourth-order valence-electron chi connectivity index (χ4n) is 1.36. The van der Waals surface area contributed by atoms with Gasteiger partial charge >= 0.3 is 5.97 Å². The minimum atomic E-state index is -0.793. The monoisotopic (exact) mass is 243 g/mol. The smallest absolute Gasteiger partial charge is 0.303 e. The Morgan fingerprint density at radius 3 is 2.88 bits per heavy atom. The molecule has 0 fully saturated rings. The largest absolute Gasteiger partial charge is 0.481 e. The first kappa shape index (κ1) is 13.1. The second-order valence-corrected chi connectivity index (χ2v) is 4.84. The molecule has 1 rings (SSSR count). The van der Waals surface area contributed by atoms with Crippen LogP contribution in [-0.2, 0) is 21.6 Å². The standard InChI is InChI=1S/C11H17NO3S/c1-4-15-11(2,3)10-12-8(7-16-10)5-6-9(13)14/h7H,4-6H2,1-3H3,(H,13,14). The van der Waals surface area contributed by atoms with Gasteiger partial charge in [0.25, 0.3) is 0 Å².